The van der Waals surface area contributed by atoms with Gasteiger partial charge in [0.05, 0.1) is 17.7 Å². The number of nitrogens with zero attached hydrogens (tertiary/aromatic N) is 2. The summed E-state index contributed by atoms with van der Waals surface area (Å²) in [5.41, 5.74) is -1.88. The minimum Gasteiger partial charge on any atom is -0.293 e. The minimum absolute atomic E-state index is 0.0428. The molecule has 0 unspecified atom stereocenters. The van der Waals surface area contributed by atoms with Crippen LogP contribution >= 0.6 is 11.6 Å². The van der Waals surface area contributed by atoms with E-state index < -0.39 is 22.0 Å². The molecule has 1 aromatic heterocycles. The average molecular weight is 300 g/mol. The molecule has 0 saturated heterocycles. The van der Waals surface area contributed by atoms with E-state index in [-0.39, 0.29) is 17.3 Å². The van der Waals surface area contributed by atoms with Gasteiger partial charge in [-0.2, -0.15) is 4.39 Å². The van der Waals surface area contributed by atoms with Crippen LogP contribution in [-0.2, 0) is 6.54 Å². The van der Waals surface area contributed by atoms with Gasteiger partial charge in [0, 0.05) is 6.07 Å². The quantitative estimate of drug-likeness (QED) is 0.682. The van der Waals surface area contributed by atoms with Crippen LogP contribution in [0.25, 0.3) is 0 Å². The summed E-state index contributed by atoms with van der Waals surface area (Å²) in [6, 6.07) is 3.95. The molecule has 2 aromatic rings. The lowest BCUT2D eigenvalue weighted by Crippen LogP contribution is -2.31. The number of halogens is 2. The molecule has 9 heteroatoms. The highest BCUT2D eigenvalue weighted by atomic mass is 35.5. The molecule has 0 bridgehead atoms. The fraction of sp³-hybridized carbons (Fsp3) is 0.0909. The number of nitro benzene ring substituents is 1. The summed E-state index contributed by atoms with van der Waals surface area (Å²) in [6.45, 7) is -0.134. The van der Waals surface area contributed by atoms with Gasteiger partial charge < -0.3 is 0 Å². The fourth-order valence-corrected chi connectivity index (χ4v) is 1.78. The molecule has 0 saturated carbocycles. The van der Waals surface area contributed by atoms with Crippen LogP contribution < -0.4 is 11.2 Å². The van der Waals surface area contributed by atoms with Crippen molar-refractivity contribution in [1.82, 2.24) is 9.55 Å². The molecule has 0 amide bonds. The van der Waals surface area contributed by atoms with Crippen LogP contribution in [0.2, 0.25) is 5.02 Å². The molecule has 1 heterocycles. The molecule has 0 aliphatic rings. The van der Waals surface area contributed by atoms with Gasteiger partial charge in [-0.05, 0) is 11.6 Å². The number of aromatic nitrogens is 2. The van der Waals surface area contributed by atoms with E-state index in [1.54, 1.807) is 4.98 Å². The topological polar surface area (TPSA) is 98.0 Å². The zero-order valence-corrected chi connectivity index (χ0v) is 10.6. The van der Waals surface area contributed by atoms with Crippen molar-refractivity contribution in [2.45, 2.75) is 6.54 Å². The van der Waals surface area contributed by atoms with E-state index in [0.29, 0.717) is 5.56 Å². The Kier molecular flexibility index (Phi) is 3.66. The lowest BCUT2D eigenvalue weighted by Gasteiger charge is -2.05. The molecule has 0 atom stereocenters. The molecule has 0 radical (unpaired) electrons. The second-order valence-corrected chi connectivity index (χ2v) is 4.31. The Bertz CT molecular complexity index is 799. The van der Waals surface area contributed by atoms with Crippen LogP contribution in [0, 0.1) is 15.9 Å². The standard InChI is InChI=1S/C11H7ClFN3O4/c12-7-2-1-6(3-9(7)16(19)20)4-15-5-8(13)10(17)14-11(15)18/h1-3,5H,4H2,(H,14,17,18). The van der Waals surface area contributed by atoms with Gasteiger partial charge in [-0.1, -0.05) is 17.7 Å². The maximum Gasteiger partial charge on any atom is 0.328 e. The molecule has 104 valence electrons. The zero-order valence-electron chi connectivity index (χ0n) is 9.80. The molecule has 20 heavy (non-hydrogen) atoms. The Balaban J connectivity index is 2.43. The van der Waals surface area contributed by atoms with E-state index in [9.17, 15) is 24.1 Å². The number of benzene rings is 1. The van der Waals surface area contributed by atoms with Gasteiger partial charge >= 0.3 is 5.69 Å². The van der Waals surface area contributed by atoms with Crippen molar-refractivity contribution in [3.8, 4) is 0 Å². The predicted molar refractivity (Wildman–Crippen MR) is 68.5 cm³/mol. The number of H-pyrrole nitrogens is 1. The summed E-state index contributed by atoms with van der Waals surface area (Å²) >= 11 is 5.65. The summed E-state index contributed by atoms with van der Waals surface area (Å²) < 4.78 is 14.0. The average Bonchev–Trinajstić information content (AvgIpc) is 2.37. The summed E-state index contributed by atoms with van der Waals surface area (Å²) in [5, 5.41) is 10.7. The predicted octanol–water partition coefficient (Wildman–Crippen LogP) is 1.29. The Morgan fingerprint density at radius 2 is 2.10 bits per heavy atom. The Labute approximate surface area is 115 Å². The van der Waals surface area contributed by atoms with Crippen LogP contribution in [0.5, 0.6) is 0 Å². The zero-order chi connectivity index (χ0) is 14.9. The number of hydrogen-bond donors (Lipinski definition) is 1. The van der Waals surface area contributed by atoms with Gasteiger partial charge in [-0.3, -0.25) is 24.5 Å². The normalized spacial score (nSPS) is 10.5. The van der Waals surface area contributed by atoms with Crippen LogP contribution in [-0.4, -0.2) is 14.5 Å². The maximum atomic E-state index is 13.1. The van der Waals surface area contributed by atoms with Gasteiger partial charge in [0.2, 0.25) is 5.82 Å². The lowest BCUT2D eigenvalue weighted by atomic mass is 10.2. The first-order valence-corrected chi connectivity index (χ1v) is 5.68. The molecule has 0 aliphatic carbocycles. The van der Waals surface area contributed by atoms with E-state index in [2.05, 4.69) is 0 Å². The number of nitro groups is 1. The number of hydrogen-bond acceptors (Lipinski definition) is 4. The third kappa shape index (κ3) is 2.75. The van der Waals surface area contributed by atoms with E-state index in [1.807, 2.05) is 0 Å². The van der Waals surface area contributed by atoms with Crippen molar-refractivity contribution in [1.29, 1.82) is 0 Å². The number of aromatic amines is 1. The molecule has 0 fully saturated rings. The van der Waals surface area contributed by atoms with Crippen LogP contribution in [0.15, 0.2) is 34.0 Å². The van der Waals surface area contributed by atoms with Crippen molar-refractivity contribution in [3.05, 3.63) is 71.8 Å². The highest BCUT2D eigenvalue weighted by molar-refractivity contribution is 6.32. The third-order valence-electron chi connectivity index (χ3n) is 2.53. The van der Waals surface area contributed by atoms with Crippen molar-refractivity contribution in [2.24, 2.45) is 0 Å². The van der Waals surface area contributed by atoms with Crippen molar-refractivity contribution in [2.75, 3.05) is 0 Å². The van der Waals surface area contributed by atoms with Crippen molar-refractivity contribution < 1.29 is 9.31 Å². The van der Waals surface area contributed by atoms with E-state index >= 15 is 0 Å². The van der Waals surface area contributed by atoms with E-state index in [1.165, 1.54) is 18.2 Å². The smallest absolute Gasteiger partial charge is 0.293 e. The minimum atomic E-state index is -1.12. The second kappa shape index (κ2) is 5.25. The second-order valence-electron chi connectivity index (χ2n) is 3.91. The Morgan fingerprint density at radius 1 is 1.40 bits per heavy atom. The van der Waals surface area contributed by atoms with Crippen molar-refractivity contribution >= 4 is 17.3 Å². The van der Waals surface area contributed by atoms with Crippen molar-refractivity contribution in [3.63, 3.8) is 0 Å². The first-order chi connectivity index (χ1) is 9.38. The van der Waals surface area contributed by atoms with Crippen LogP contribution in [0.3, 0.4) is 0 Å². The highest BCUT2D eigenvalue weighted by Crippen LogP contribution is 2.25. The molecule has 7 nitrogen and oxygen atoms in total. The molecule has 0 aliphatic heterocycles. The first-order valence-electron chi connectivity index (χ1n) is 5.30. The SMILES string of the molecule is O=c1[nH]c(=O)n(Cc2ccc(Cl)c([N+](=O)[O-])c2)cc1F. The molecule has 0 spiro atoms. The summed E-state index contributed by atoms with van der Waals surface area (Å²) in [4.78, 5) is 34.2. The first kappa shape index (κ1) is 13.9. The maximum absolute atomic E-state index is 13.1. The number of nitrogens with one attached hydrogen (secondary N) is 1. The van der Waals surface area contributed by atoms with Gasteiger partial charge in [0.15, 0.2) is 0 Å². The van der Waals surface area contributed by atoms with Crippen LogP contribution in [0.1, 0.15) is 5.56 Å². The summed E-state index contributed by atoms with van der Waals surface area (Å²) in [5.74, 6) is -1.12. The molecular weight excluding hydrogens is 293 g/mol. The third-order valence-corrected chi connectivity index (χ3v) is 2.85. The largest absolute Gasteiger partial charge is 0.328 e. The molecule has 1 aromatic carbocycles. The van der Waals surface area contributed by atoms with Gasteiger partial charge in [0.1, 0.15) is 5.02 Å². The highest BCUT2D eigenvalue weighted by Gasteiger charge is 2.13. The Morgan fingerprint density at radius 3 is 2.75 bits per heavy atom. The lowest BCUT2D eigenvalue weighted by molar-refractivity contribution is -0.384. The summed E-state index contributed by atoms with van der Waals surface area (Å²) in [7, 11) is 0. The molecule has 1 N–H and O–H groups in total. The fourth-order valence-electron chi connectivity index (χ4n) is 1.59. The van der Waals surface area contributed by atoms with Gasteiger partial charge in [-0.25, -0.2) is 4.79 Å². The molecule has 2 rings (SSSR count). The van der Waals surface area contributed by atoms with Gasteiger partial charge in [0.25, 0.3) is 11.2 Å². The molecular formula is C11H7ClFN3O4. The summed E-state index contributed by atoms with van der Waals surface area (Å²) in [6.07, 6.45) is 0.738. The van der Waals surface area contributed by atoms with Crippen LogP contribution in [0.4, 0.5) is 10.1 Å². The van der Waals surface area contributed by atoms with Gasteiger partial charge in [-0.15, -0.1) is 0 Å². The van der Waals surface area contributed by atoms with E-state index in [0.717, 1.165) is 10.8 Å². The van der Waals surface area contributed by atoms with E-state index in [4.69, 9.17) is 11.6 Å². The Hall–Kier alpha value is -2.48. The monoisotopic (exact) mass is 299 g/mol. The number of rotatable bonds is 3.